The molecule has 2 aromatic carbocycles. The van der Waals surface area contributed by atoms with E-state index in [9.17, 15) is 24.5 Å². The Morgan fingerprint density at radius 3 is 2.15 bits per heavy atom. The zero-order chi connectivity index (χ0) is 20.0. The van der Waals surface area contributed by atoms with E-state index in [0.29, 0.717) is 16.9 Å². The maximum Gasteiger partial charge on any atom is 0.338 e. The van der Waals surface area contributed by atoms with Gasteiger partial charge in [-0.2, -0.15) is 0 Å². The fourth-order valence-corrected chi connectivity index (χ4v) is 2.24. The van der Waals surface area contributed by atoms with Crippen LogP contribution in [0.15, 0.2) is 42.5 Å². The second kappa shape index (κ2) is 8.56. The molecule has 9 heteroatoms. The Labute approximate surface area is 154 Å². The number of rotatable bonds is 6. The molecule has 0 unspecified atom stereocenters. The van der Waals surface area contributed by atoms with E-state index in [4.69, 9.17) is 4.74 Å². The van der Waals surface area contributed by atoms with Crippen LogP contribution in [0.5, 0.6) is 0 Å². The van der Waals surface area contributed by atoms with Crippen LogP contribution in [0, 0.1) is 17.0 Å². The van der Waals surface area contributed by atoms with E-state index in [1.807, 2.05) is 0 Å². The highest BCUT2D eigenvalue weighted by molar-refractivity contribution is 5.96. The maximum absolute atomic E-state index is 12.0. The molecule has 0 radical (unpaired) electrons. The fraction of sp³-hybridized carbons (Fsp3) is 0.167. The van der Waals surface area contributed by atoms with Crippen LogP contribution >= 0.6 is 0 Å². The van der Waals surface area contributed by atoms with Gasteiger partial charge in [0.1, 0.15) is 0 Å². The van der Waals surface area contributed by atoms with Crippen molar-refractivity contribution < 1.29 is 24.0 Å². The number of anilines is 2. The van der Waals surface area contributed by atoms with Gasteiger partial charge in [0.15, 0.2) is 6.61 Å². The Hall–Kier alpha value is -3.75. The van der Waals surface area contributed by atoms with E-state index in [1.54, 1.807) is 24.3 Å². The molecule has 0 atom stereocenters. The van der Waals surface area contributed by atoms with Gasteiger partial charge in [-0.15, -0.1) is 0 Å². The number of hydrogen-bond acceptors (Lipinski definition) is 6. The quantitative estimate of drug-likeness (QED) is 0.456. The SMILES string of the molecule is CC(=O)Nc1ccc(NC(=O)COC(=O)c2ccc([N+](=O)[O-])c(C)c2)cc1. The number of nitrogens with zero attached hydrogens (tertiary/aromatic N) is 1. The molecule has 0 heterocycles. The monoisotopic (exact) mass is 371 g/mol. The molecule has 0 aliphatic carbocycles. The number of esters is 1. The summed E-state index contributed by atoms with van der Waals surface area (Å²) in [4.78, 5) is 45.0. The summed E-state index contributed by atoms with van der Waals surface area (Å²) in [5.74, 6) is -1.52. The van der Waals surface area contributed by atoms with Gasteiger partial charge in [-0.3, -0.25) is 19.7 Å². The van der Waals surface area contributed by atoms with E-state index in [-0.39, 0.29) is 17.2 Å². The third-order valence-corrected chi connectivity index (χ3v) is 3.45. The van der Waals surface area contributed by atoms with Crippen LogP contribution < -0.4 is 10.6 Å². The first kappa shape index (κ1) is 19.6. The molecule has 0 saturated carbocycles. The van der Waals surface area contributed by atoms with Crippen molar-refractivity contribution in [2.24, 2.45) is 0 Å². The molecule has 0 fully saturated rings. The number of benzene rings is 2. The average molecular weight is 371 g/mol. The molecule has 2 rings (SSSR count). The largest absolute Gasteiger partial charge is 0.452 e. The van der Waals surface area contributed by atoms with E-state index in [2.05, 4.69) is 10.6 Å². The van der Waals surface area contributed by atoms with Crippen molar-refractivity contribution in [3.8, 4) is 0 Å². The molecular formula is C18H17N3O6. The average Bonchev–Trinajstić information content (AvgIpc) is 2.60. The van der Waals surface area contributed by atoms with Crippen LogP contribution in [0.25, 0.3) is 0 Å². The molecule has 0 aliphatic heterocycles. The van der Waals surface area contributed by atoms with Crippen molar-refractivity contribution in [2.75, 3.05) is 17.2 Å². The fourth-order valence-electron chi connectivity index (χ4n) is 2.24. The van der Waals surface area contributed by atoms with E-state index >= 15 is 0 Å². The number of hydrogen-bond donors (Lipinski definition) is 2. The maximum atomic E-state index is 12.0. The second-order valence-corrected chi connectivity index (χ2v) is 5.64. The van der Waals surface area contributed by atoms with Crippen LogP contribution in [0.2, 0.25) is 0 Å². The summed E-state index contributed by atoms with van der Waals surface area (Å²) in [6.07, 6.45) is 0. The van der Waals surface area contributed by atoms with Crippen LogP contribution in [0.1, 0.15) is 22.8 Å². The van der Waals surface area contributed by atoms with Crippen LogP contribution in [-0.2, 0) is 14.3 Å². The van der Waals surface area contributed by atoms with Gasteiger partial charge in [0.05, 0.1) is 10.5 Å². The molecule has 0 aromatic heterocycles. The Bertz CT molecular complexity index is 892. The first-order valence-electron chi connectivity index (χ1n) is 7.86. The Balaban J connectivity index is 1.89. The smallest absolute Gasteiger partial charge is 0.338 e. The van der Waals surface area contributed by atoms with Gasteiger partial charge in [0.2, 0.25) is 5.91 Å². The van der Waals surface area contributed by atoms with Gasteiger partial charge >= 0.3 is 5.97 Å². The number of aryl methyl sites for hydroxylation is 1. The summed E-state index contributed by atoms with van der Waals surface area (Å²) in [5.41, 5.74) is 1.38. The van der Waals surface area contributed by atoms with Gasteiger partial charge in [-0.05, 0) is 43.3 Å². The first-order valence-corrected chi connectivity index (χ1v) is 7.86. The van der Waals surface area contributed by atoms with Crippen molar-refractivity contribution in [1.29, 1.82) is 0 Å². The van der Waals surface area contributed by atoms with Gasteiger partial charge in [-0.25, -0.2) is 4.79 Å². The molecule has 2 N–H and O–H groups in total. The van der Waals surface area contributed by atoms with Crippen LogP contribution in [0.3, 0.4) is 0 Å². The number of nitro benzene ring substituents is 1. The third-order valence-electron chi connectivity index (χ3n) is 3.45. The summed E-state index contributed by atoms with van der Waals surface area (Å²) in [7, 11) is 0. The first-order chi connectivity index (χ1) is 12.8. The molecule has 27 heavy (non-hydrogen) atoms. The number of carbonyl (C=O) groups excluding carboxylic acids is 3. The number of carbonyl (C=O) groups is 3. The summed E-state index contributed by atoms with van der Waals surface area (Å²) in [6.45, 7) is 2.38. The van der Waals surface area contributed by atoms with Gasteiger partial charge < -0.3 is 15.4 Å². The Kier molecular flexibility index (Phi) is 6.21. The summed E-state index contributed by atoms with van der Waals surface area (Å²) in [6, 6.07) is 10.2. The lowest BCUT2D eigenvalue weighted by atomic mass is 10.1. The highest BCUT2D eigenvalue weighted by atomic mass is 16.6. The molecule has 2 aromatic rings. The standard InChI is InChI=1S/C18H17N3O6/c1-11-9-13(3-8-16(11)21(25)26)18(24)27-10-17(23)20-15-6-4-14(5-7-15)19-12(2)22/h3-9H,10H2,1-2H3,(H,19,22)(H,20,23). The number of nitrogens with one attached hydrogen (secondary N) is 2. The number of ether oxygens (including phenoxy) is 1. The predicted molar refractivity (Wildman–Crippen MR) is 97.5 cm³/mol. The topological polar surface area (TPSA) is 128 Å². The Morgan fingerprint density at radius 2 is 1.63 bits per heavy atom. The predicted octanol–water partition coefficient (Wildman–Crippen LogP) is 2.66. The Morgan fingerprint density at radius 1 is 1.04 bits per heavy atom. The lowest BCUT2D eigenvalue weighted by molar-refractivity contribution is -0.385. The summed E-state index contributed by atoms with van der Waals surface area (Å²) in [5, 5.41) is 15.9. The molecular weight excluding hydrogens is 354 g/mol. The van der Waals surface area contributed by atoms with E-state index in [0.717, 1.165) is 0 Å². The molecule has 0 spiro atoms. The minimum absolute atomic E-state index is 0.105. The van der Waals surface area contributed by atoms with Crippen molar-refractivity contribution >= 4 is 34.8 Å². The molecule has 9 nitrogen and oxygen atoms in total. The number of nitro groups is 1. The molecule has 0 aliphatic rings. The molecule has 2 amide bonds. The van der Waals surface area contributed by atoms with Crippen LogP contribution in [-0.4, -0.2) is 29.3 Å². The molecule has 0 saturated heterocycles. The van der Waals surface area contributed by atoms with Crippen molar-refractivity contribution in [3.63, 3.8) is 0 Å². The normalized spacial score (nSPS) is 10.0. The zero-order valence-electron chi connectivity index (χ0n) is 14.6. The van der Waals surface area contributed by atoms with Crippen molar-refractivity contribution in [1.82, 2.24) is 0 Å². The second-order valence-electron chi connectivity index (χ2n) is 5.64. The van der Waals surface area contributed by atoms with Gasteiger partial charge in [-0.1, -0.05) is 0 Å². The minimum atomic E-state index is -0.760. The lowest BCUT2D eigenvalue weighted by Crippen LogP contribution is -2.21. The zero-order valence-corrected chi connectivity index (χ0v) is 14.6. The summed E-state index contributed by atoms with van der Waals surface area (Å²) >= 11 is 0. The number of amides is 2. The third kappa shape index (κ3) is 5.63. The van der Waals surface area contributed by atoms with E-state index < -0.39 is 23.4 Å². The van der Waals surface area contributed by atoms with Gasteiger partial charge in [0.25, 0.3) is 11.6 Å². The van der Waals surface area contributed by atoms with E-state index in [1.165, 1.54) is 32.0 Å². The highest BCUT2D eigenvalue weighted by Gasteiger charge is 2.15. The highest BCUT2D eigenvalue weighted by Crippen LogP contribution is 2.19. The summed E-state index contributed by atoms with van der Waals surface area (Å²) < 4.78 is 4.92. The molecule has 0 bridgehead atoms. The molecule has 140 valence electrons. The van der Waals surface area contributed by atoms with Crippen LogP contribution in [0.4, 0.5) is 17.1 Å². The van der Waals surface area contributed by atoms with Gasteiger partial charge in [0, 0.05) is 29.9 Å². The minimum Gasteiger partial charge on any atom is -0.452 e. The lowest BCUT2D eigenvalue weighted by Gasteiger charge is -2.08. The van der Waals surface area contributed by atoms with Crippen molar-refractivity contribution in [3.05, 3.63) is 63.7 Å². The van der Waals surface area contributed by atoms with Crippen molar-refractivity contribution in [2.45, 2.75) is 13.8 Å².